The van der Waals surface area contributed by atoms with Gasteiger partial charge in [0.15, 0.2) is 0 Å². The number of aromatic nitrogens is 2. The van der Waals surface area contributed by atoms with Crippen molar-refractivity contribution in [3.05, 3.63) is 30.1 Å². The standard InChI is InChI=1S/C13H15FN4O/c1-18(2)12-7-10(16-13(15)17-12)9-5-4-8(14)6-11(9)19-3/h4-7H,1-3H3,(H2,15,16,17). The van der Waals surface area contributed by atoms with Gasteiger partial charge in [0.2, 0.25) is 5.95 Å². The molecule has 0 aliphatic heterocycles. The first-order valence-corrected chi connectivity index (χ1v) is 5.67. The van der Waals surface area contributed by atoms with Crippen molar-refractivity contribution in [1.82, 2.24) is 9.97 Å². The Morgan fingerprint density at radius 3 is 2.58 bits per heavy atom. The van der Waals surface area contributed by atoms with Crippen molar-refractivity contribution in [1.29, 1.82) is 0 Å². The number of halogens is 1. The van der Waals surface area contributed by atoms with Crippen LogP contribution < -0.4 is 15.4 Å². The van der Waals surface area contributed by atoms with E-state index >= 15 is 0 Å². The maximum atomic E-state index is 13.2. The van der Waals surface area contributed by atoms with E-state index in [1.807, 2.05) is 19.0 Å². The van der Waals surface area contributed by atoms with Crippen molar-refractivity contribution in [3.63, 3.8) is 0 Å². The minimum atomic E-state index is -0.365. The zero-order valence-electron chi connectivity index (χ0n) is 11.0. The maximum absolute atomic E-state index is 13.2. The summed E-state index contributed by atoms with van der Waals surface area (Å²) in [4.78, 5) is 10.1. The van der Waals surface area contributed by atoms with Gasteiger partial charge in [-0.25, -0.2) is 9.37 Å². The summed E-state index contributed by atoms with van der Waals surface area (Å²) in [5, 5.41) is 0. The summed E-state index contributed by atoms with van der Waals surface area (Å²) in [7, 11) is 5.19. The Hall–Kier alpha value is -2.37. The third kappa shape index (κ3) is 2.73. The fourth-order valence-corrected chi connectivity index (χ4v) is 1.70. The molecule has 0 radical (unpaired) electrons. The van der Waals surface area contributed by atoms with E-state index in [9.17, 15) is 4.39 Å². The lowest BCUT2D eigenvalue weighted by Crippen LogP contribution is -2.12. The largest absolute Gasteiger partial charge is 0.496 e. The molecule has 1 heterocycles. The Morgan fingerprint density at radius 1 is 1.21 bits per heavy atom. The fraction of sp³-hybridized carbons (Fsp3) is 0.231. The van der Waals surface area contributed by atoms with E-state index < -0.39 is 0 Å². The number of rotatable bonds is 3. The summed E-state index contributed by atoms with van der Waals surface area (Å²) < 4.78 is 18.4. The van der Waals surface area contributed by atoms with Gasteiger partial charge in [0.05, 0.1) is 12.8 Å². The second kappa shape index (κ2) is 5.09. The summed E-state index contributed by atoms with van der Waals surface area (Å²) in [6, 6.07) is 6.04. The van der Waals surface area contributed by atoms with E-state index in [0.717, 1.165) is 0 Å². The molecule has 0 aliphatic carbocycles. The van der Waals surface area contributed by atoms with Gasteiger partial charge in [0.1, 0.15) is 17.4 Å². The van der Waals surface area contributed by atoms with Gasteiger partial charge in [-0.05, 0) is 12.1 Å². The van der Waals surface area contributed by atoms with Crippen LogP contribution in [0, 0.1) is 5.82 Å². The van der Waals surface area contributed by atoms with E-state index in [-0.39, 0.29) is 11.8 Å². The molecule has 0 fully saturated rings. The zero-order valence-corrected chi connectivity index (χ0v) is 11.0. The quantitative estimate of drug-likeness (QED) is 0.915. The second-order valence-corrected chi connectivity index (χ2v) is 4.21. The van der Waals surface area contributed by atoms with Crippen LogP contribution in [0.1, 0.15) is 0 Å². The van der Waals surface area contributed by atoms with Crippen molar-refractivity contribution >= 4 is 11.8 Å². The zero-order chi connectivity index (χ0) is 14.0. The van der Waals surface area contributed by atoms with E-state index in [0.29, 0.717) is 22.8 Å². The minimum absolute atomic E-state index is 0.160. The van der Waals surface area contributed by atoms with Gasteiger partial charge in [-0.15, -0.1) is 0 Å². The highest BCUT2D eigenvalue weighted by Crippen LogP contribution is 2.31. The molecule has 19 heavy (non-hydrogen) atoms. The number of benzene rings is 1. The lowest BCUT2D eigenvalue weighted by Gasteiger charge is -2.14. The number of hydrogen-bond acceptors (Lipinski definition) is 5. The number of nitrogens with zero attached hydrogens (tertiary/aromatic N) is 3. The Balaban J connectivity index is 2.58. The number of anilines is 2. The van der Waals surface area contributed by atoms with Crippen LogP contribution in [0.25, 0.3) is 11.3 Å². The highest BCUT2D eigenvalue weighted by Gasteiger charge is 2.11. The molecule has 6 heteroatoms. The van der Waals surface area contributed by atoms with Gasteiger partial charge in [0.25, 0.3) is 0 Å². The van der Waals surface area contributed by atoms with Crippen LogP contribution in [0.3, 0.4) is 0 Å². The third-order valence-corrected chi connectivity index (χ3v) is 2.63. The molecule has 0 amide bonds. The molecule has 2 aromatic rings. The predicted octanol–water partition coefficient (Wildman–Crippen LogP) is 1.94. The van der Waals surface area contributed by atoms with Crippen molar-refractivity contribution in [2.45, 2.75) is 0 Å². The number of nitrogens with two attached hydrogens (primary N) is 1. The summed E-state index contributed by atoms with van der Waals surface area (Å²) in [5.41, 5.74) is 6.95. The lowest BCUT2D eigenvalue weighted by molar-refractivity contribution is 0.413. The molecule has 0 saturated heterocycles. The Labute approximate surface area is 110 Å². The third-order valence-electron chi connectivity index (χ3n) is 2.63. The monoisotopic (exact) mass is 262 g/mol. The summed E-state index contributed by atoms with van der Waals surface area (Å²) >= 11 is 0. The van der Waals surface area contributed by atoms with Crippen LogP contribution >= 0.6 is 0 Å². The highest BCUT2D eigenvalue weighted by atomic mass is 19.1. The van der Waals surface area contributed by atoms with E-state index in [1.165, 1.54) is 19.2 Å². The van der Waals surface area contributed by atoms with Crippen molar-refractivity contribution in [3.8, 4) is 17.0 Å². The predicted molar refractivity (Wildman–Crippen MR) is 72.7 cm³/mol. The molecule has 0 saturated carbocycles. The van der Waals surface area contributed by atoms with Gasteiger partial charge in [-0.2, -0.15) is 4.98 Å². The number of nitrogen functional groups attached to an aromatic ring is 1. The van der Waals surface area contributed by atoms with Crippen molar-refractivity contribution in [2.75, 3.05) is 31.8 Å². The first kappa shape index (κ1) is 13.1. The average molecular weight is 262 g/mol. The van der Waals surface area contributed by atoms with Crippen molar-refractivity contribution < 1.29 is 9.13 Å². The van der Waals surface area contributed by atoms with Crippen LogP contribution in [0.15, 0.2) is 24.3 Å². The van der Waals surface area contributed by atoms with Gasteiger partial charge in [0, 0.05) is 31.8 Å². The maximum Gasteiger partial charge on any atom is 0.222 e. The SMILES string of the molecule is COc1cc(F)ccc1-c1cc(N(C)C)nc(N)n1. The molecule has 0 bridgehead atoms. The molecular formula is C13H15FN4O. The normalized spacial score (nSPS) is 10.3. The molecular weight excluding hydrogens is 247 g/mol. The van der Waals surface area contributed by atoms with Gasteiger partial charge in [-0.3, -0.25) is 0 Å². The molecule has 0 spiro atoms. The molecule has 1 aromatic heterocycles. The summed E-state index contributed by atoms with van der Waals surface area (Å²) in [6.45, 7) is 0. The van der Waals surface area contributed by atoms with Gasteiger partial charge >= 0.3 is 0 Å². The van der Waals surface area contributed by atoms with E-state index in [4.69, 9.17) is 10.5 Å². The van der Waals surface area contributed by atoms with Gasteiger partial charge < -0.3 is 15.4 Å². The lowest BCUT2D eigenvalue weighted by atomic mass is 10.1. The van der Waals surface area contributed by atoms with Crippen LogP contribution in [0.4, 0.5) is 16.2 Å². The fourth-order valence-electron chi connectivity index (χ4n) is 1.70. The topological polar surface area (TPSA) is 64.3 Å². The van der Waals surface area contributed by atoms with E-state index in [2.05, 4.69) is 9.97 Å². The Morgan fingerprint density at radius 2 is 1.95 bits per heavy atom. The van der Waals surface area contributed by atoms with E-state index in [1.54, 1.807) is 12.1 Å². The van der Waals surface area contributed by atoms with Crippen LogP contribution in [0.5, 0.6) is 5.75 Å². The molecule has 2 N–H and O–H groups in total. The highest BCUT2D eigenvalue weighted by molar-refractivity contribution is 5.70. The molecule has 5 nitrogen and oxygen atoms in total. The Bertz CT molecular complexity index is 601. The van der Waals surface area contributed by atoms with Crippen LogP contribution in [0.2, 0.25) is 0 Å². The molecule has 0 atom stereocenters. The smallest absolute Gasteiger partial charge is 0.222 e. The van der Waals surface area contributed by atoms with Crippen molar-refractivity contribution in [2.24, 2.45) is 0 Å². The number of ether oxygens (including phenoxy) is 1. The minimum Gasteiger partial charge on any atom is -0.496 e. The molecule has 0 unspecified atom stereocenters. The molecule has 0 aliphatic rings. The molecule has 100 valence electrons. The Kier molecular flexibility index (Phi) is 3.50. The molecule has 2 rings (SSSR count). The second-order valence-electron chi connectivity index (χ2n) is 4.21. The first-order chi connectivity index (χ1) is 9.01. The summed E-state index contributed by atoms with van der Waals surface area (Å²) in [5.74, 6) is 0.875. The molecule has 1 aromatic carbocycles. The van der Waals surface area contributed by atoms with Crippen LogP contribution in [-0.2, 0) is 0 Å². The average Bonchev–Trinajstić information content (AvgIpc) is 2.37. The number of methoxy groups -OCH3 is 1. The van der Waals surface area contributed by atoms with Crippen LogP contribution in [-0.4, -0.2) is 31.2 Å². The van der Waals surface area contributed by atoms with Gasteiger partial charge in [-0.1, -0.05) is 0 Å². The number of hydrogen-bond donors (Lipinski definition) is 1. The first-order valence-electron chi connectivity index (χ1n) is 5.67. The summed E-state index contributed by atoms with van der Waals surface area (Å²) in [6.07, 6.45) is 0.